The summed E-state index contributed by atoms with van der Waals surface area (Å²) < 4.78 is 1.31. The van der Waals surface area contributed by atoms with E-state index in [9.17, 15) is 14.7 Å². The number of fused-ring (bicyclic) bond motifs is 1. The van der Waals surface area contributed by atoms with Gasteiger partial charge in [0.2, 0.25) is 0 Å². The fourth-order valence-electron chi connectivity index (χ4n) is 2.96. The monoisotopic (exact) mass is 325 g/mol. The molecule has 124 valence electrons. The van der Waals surface area contributed by atoms with Crippen LogP contribution in [0, 0.1) is 6.92 Å². The minimum Gasteiger partial charge on any atom is -0.507 e. The van der Waals surface area contributed by atoms with E-state index in [1.807, 2.05) is 13.0 Å². The number of pyridine rings is 1. The van der Waals surface area contributed by atoms with Crippen molar-refractivity contribution in [1.29, 1.82) is 0 Å². The van der Waals surface area contributed by atoms with Crippen LogP contribution >= 0.6 is 0 Å². The number of aromatic hydroxyl groups is 1. The quantitative estimate of drug-likeness (QED) is 0.843. The van der Waals surface area contributed by atoms with Crippen molar-refractivity contribution in [2.45, 2.75) is 32.7 Å². The molecule has 2 aromatic rings. The van der Waals surface area contributed by atoms with Crippen LogP contribution in [0.1, 0.15) is 29.5 Å². The van der Waals surface area contributed by atoms with Crippen molar-refractivity contribution in [3.05, 3.63) is 63.6 Å². The maximum Gasteiger partial charge on any atom is 0.260 e. The molecule has 1 amide bonds. The van der Waals surface area contributed by atoms with Gasteiger partial charge in [-0.15, -0.1) is 0 Å². The molecule has 6 heteroatoms. The first-order chi connectivity index (χ1) is 11.6. The molecule has 0 radical (unpaired) electrons. The van der Waals surface area contributed by atoms with Crippen molar-refractivity contribution < 1.29 is 9.90 Å². The van der Waals surface area contributed by atoms with E-state index in [0.717, 1.165) is 29.5 Å². The minimum absolute atomic E-state index is 0.0941. The van der Waals surface area contributed by atoms with Crippen LogP contribution in [0.3, 0.4) is 0 Å². The summed E-state index contributed by atoms with van der Waals surface area (Å²) in [5.41, 5.74) is 5.83. The highest BCUT2D eigenvalue weighted by Crippen LogP contribution is 2.31. The number of aromatic nitrogens is 1. The molecule has 6 nitrogen and oxygen atoms in total. The molecular weight excluding hydrogens is 306 g/mol. The third kappa shape index (κ3) is 3.22. The third-order valence-electron chi connectivity index (χ3n) is 4.18. The van der Waals surface area contributed by atoms with Crippen LogP contribution in [0.5, 0.6) is 5.75 Å². The lowest BCUT2D eigenvalue weighted by atomic mass is 9.86. The Kier molecular flexibility index (Phi) is 4.46. The van der Waals surface area contributed by atoms with Crippen molar-refractivity contribution >= 4 is 11.6 Å². The lowest BCUT2D eigenvalue weighted by Gasteiger charge is -2.21. The zero-order chi connectivity index (χ0) is 17.1. The molecule has 1 aromatic heterocycles. The van der Waals surface area contributed by atoms with E-state index in [0.29, 0.717) is 12.1 Å². The molecule has 0 saturated heterocycles. The zero-order valence-electron chi connectivity index (χ0n) is 13.5. The number of carbonyl (C=O) groups is 1. The van der Waals surface area contributed by atoms with Gasteiger partial charge in [0.25, 0.3) is 11.5 Å². The van der Waals surface area contributed by atoms with Gasteiger partial charge in [0.15, 0.2) is 0 Å². The highest BCUT2D eigenvalue weighted by Gasteiger charge is 2.21. The highest BCUT2D eigenvalue weighted by molar-refractivity contribution is 6.05. The van der Waals surface area contributed by atoms with Crippen LogP contribution in [0.4, 0.5) is 0 Å². The van der Waals surface area contributed by atoms with E-state index in [-0.39, 0.29) is 23.8 Å². The van der Waals surface area contributed by atoms with Gasteiger partial charge in [0.1, 0.15) is 12.3 Å². The number of carbonyl (C=O) groups excluding carboxylic acids is 1. The summed E-state index contributed by atoms with van der Waals surface area (Å²) in [5.74, 6) is -0.197. The molecule has 0 atom stereocenters. The molecule has 0 saturated carbocycles. The minimum atomic E-state index is -0.380. The molecule has 0 unspecified atom stereocenters. The van der Waals surface area contributed by atoms with E-state index in [2.05, 4.69) is 10.5 Å². The maximum atomic E-state index is 12.0. The number of hydrogen-bond donors (Lipinski definition) is 2. The molecule has 0 bridgehead atoms. The number of nitrogens with one attached hydrogen (secondary N) is 1. The molecule has 3 rings (SSSR count). The Morgan fingerprint density at radius 1 is 1.29 bits per heavy atom. The number of phenolic OH excluding ortho intramolecular Hbond substituents is 1. The Balaban J connectivity index is 1.79. The third-order valence-corrected chi connectivity index (χ3v) is 4.18. The number of nitrogens with zero attached hydrogens (tertiary/aromatic N) is 2. The number of phenols is 1. The number of amides is 1. The number of hydrogen-bond acceptors (Lipinski definition) is 4. The predicted molar refractivity (Wildman–Crippen MR) is 91.2 cm³/mol. The largest absolute Gasteiger partial charge is 0.507 e. The summed E-state index contributed by atoms with van der Waals surface area (Å²) in [6, 6.07) is 8.26. The lowest BCUT2D eigenvalue weighted by molar-refractivity contribution is -0.121. The summed E-state index contributed by atoms with van der Waals surface area (Å²) >= 11 is 0. The van der Waals surface area contributed by atoms with Gasteiger partial charge in [0.05, 0.1) is 5.71 Å². The van der Waals surface area contributed by atoms with Gasteiger partial charge in [-0.05, 0) is 49.4 Å². The van der Waals surface area contributed by atoms with E-state index in [1.54, 1.807) is 24.4 Å². The lowest BCUT2D eigenvalue weighted by Crippen LogP contribution is -2.30. The second-order valence-corrected chi connectivity index (χ2v) is 5.87. The second-order valence-electron chi connectivity index (χ2n) is 5.87. The van der Waals surface area contributed by atoms with Crippen molar-refractivity contribution in [3.8, 4) is 5.75 Å². The molecular formula is C18H19N3O3. The molecule has 0 fully saturated rings. The van der Waals surface area contributed by atoms with Gasteiger partial charge in [-0.2, -0.15) is 5.10 Å². The number of hydrazone groups is 1. The van der Waals surface area contributed by atoms with Crippen LogP contribution in [0.2, 0.25) is 0 Å². The Morgan fingerprint density at radius 3 is 2.92 bits per heavy atom. The van der Waals surface area contributed by atoms with Crippen LogP contribution in [-0.4, -0.2) is 21.3 Å². The van der Waals surface area contributed by atoms with Crippen LogP contribution in [0.25, 0.3) is 0 Å². The van der Waals surface area contributed by atoms with Gasteiger partial charge in [-0.1, -0.05) is 12.1 Å². The van der Waals surface area contributed by atoms with E-state index >= 15 is 0 Å². The summed E-state index contributed by atoms with van der Waals surface area (Å²) in [7, 11) is 0. The fourth-order valence-corrected chi connectivity index (χ4v) is 2.96. The normalized spacial score (nSPS) is 15.1. The van der Waals surface area contributed by atoms with Crippen LogP contribution in [0.15, 0.2) is 46.4 Å². The van der Waals surface area contributed by atoms with Gasteiger partial charge in [-0.25, -0.2) is 5.43 Å². The van der Waals surface area contributed by atoms with E-state index < -0.39 is 0 Å². The average molecular weight is 325 g/mol. The summed E-state index contributed by atoms with van der Waals surface area (Å²) in [5, 5.41) is 14.3. The molecule has 1 aliphatic carbocycles. The van der Waals surface area contributed by atoms with Crippen molar-refractivity contribution in [1.82, 2.24) is 9.99 Å². The Bertz CT molecular complexity index is 868. The predicted octanol–water partition coefficient (Wildman–Crippen LogP) is 1.72. The number of benzene rings is 1. The number of rotatable bonds is 3. The number of aryl methyl sites for hydroxylation is 1. The first-order valence-corrected chi connectivity index (χ1v) is 7.89. The average Bonchev–Trinajstić information content (AvgIpc) is 2.58. The fraction of sp³-hybridized carbons (Fsp3) is 0.278. The standard InChI is InChI=1S/C18H19N3O3/c1-12-8-9-15(22)18-13(12)5-4-6-14(18)19-20-16(23)11-21-10-3-2-7-17(21)24/h2-3,7-10,22H,4-6,11H2,1H3,(H,20,23)/b19-14+. The van der Waals surface area contributed by atoms with E-state index in [1.165, 1.54) is 10.6 Å². The zero-order valence-corrected chi connectivity index (χ0v) is 13.5. The topological polar surface area (TPSA) is 83.7 Å². The molecule has 2 N–H and O–H groups in total. The van der Waals surface area contributed by atoms with Gasteiger partial charge in [-0.3, -0.25) is 9.59 Å². The molecule has 1 aliphatic rings. The second kappa shape index (κ2) is 6.70. The molecule has 0 aliphatic heterocycles. The molecule has 0 spiro atoms. The smallest absolute Gasteiger partial charge is 0.260 e. The van der Waals surface area contributed by atoms with Crippen molar-refractivity contribution in [2.24, 2.45) is 5.10 Å². The van der Waals surface area contributed by atoms with Gasteiger partial charge >= 0.3 is 0 Å². The Labute approximate surface area is 139 Å². The van der Waals surface area contributed by atoms with E-state index in [4.69, 9.17) is 0 Å². The first-order valence-electron chi connectivity index (χ1n) is 7.89. The molecule has 1 heterocycles. The molecule has 24 heavy (non-hydrogen) atoms. The van der Waals surface area contributed by atoms with Crippen LogP contribution < -0.4 is 11.0 Å². The van der Waals surface area contributed by atoms with Crippen LogP contribution in [-0.2, 0) is 17.8 Å². The van der Waals surface area contributed by atoms with Crippen molar-refractivity contribution in [3.63, 3.8) is 0 Å². The van der Waals surface area contributed by atoms with Crippen molar-refractivity contribution in [2.75, 3.05) is 0 Å². The van der Waals surface area contributed by atoms with Gasteiger partial charge < -0.3 is 9.67 Å². The Hall–Kier alpha value is -2.89. The first kappa shape index (κ1) is 16.0. The van der Waals surface area contributed by atoms with Gasteiger partial charge in [0, 0.05) is 17.8 Å². The Morgan fingerprint density at radius 2 is 2.12 bits per heavy atom. The summed E-state index contributed by atoms with van der Waals surface area (Å²) in [6.45, 7) is 1.91. The summed E-state index contributed by atoms with van der Waals surface area (Å²) in [6.07, 6.45) is 4.06. The summed E-state index contributed by atoms with van der Waals surface area (Å²) in [4.78, 5) is 23.7. The molecule has 1 aromatic carbocycles. The SMILES string of the molecule is Cc1ccc(O)c2c1CCC/C2=N\NC(=O)Cn1ccccc1=O. The highest BCUT2D eigenvalue weighted by atomic mass is 16.3. The maximum absolute atomic E-state index is 12.0.